The molecule has 0 radical (unpaired) electrons. The number of carboxylic acids is 1. The molecule has 15 nitrogen and oxygen atoms in total. The van der Waals surface area contributed by atoms with Gasteiger partial charge in [0, 0.05) is 11.1 Å². The lowest BCUT2D eigenvalue weighted by atomic mass is 10.0. The van der Waals surface area contributed by atoms with Crippen molar-refractivity contribution in [2.24, 2.45) is 12.2 Å². The molecular weight excluding hydrogens is 804 g/mol. The van der Waals surface area contributed by atoms with Crippen LogP contribution in [0.4, 0.5) is 18.3 Å². The zero-order valence-electron chi connectivity index (χ0n) is 30.8. The number of ether oxygens (including phenoxy) is 2. The summed E-state index contributed by atoms with van der Waals surface area (Å²) >= 11 is 2.61. The number of halogens is 3. The number of β-lactam (4-membered cyclic amide) rings is 1. The van der Waals surface area contributed by atoms with Gasteiger partial charge in [0.25, 0.3) is 11.8 Å². The number of nitrogens with one attached hydrogen (secondary N) is 1. The van der Waals surface area contributed by atoms with Crippen LogP contribution in [-0.4, -0.2) is 80.6 Å². The van der Waals surface area contributed by atoms with Gasteiger partial charge in [-0.1, -0.05) is 71.9 Å². The van der Waals surface area contributed by atoms with E-state index in [0.717, 1.165) is 35.3 Å². The first-order chi connectivity index (χ1) is 27.7. The molecule has 0 spiro atoms. The van der Waals surface area contributed by atoms with Gasteiger partial charge in [0.1, 0.15) is 47.6 Å². The Morgan fingerprint density at radius 2 is 1.78 bits per heavy atom. The first-order valence-corrected chi connectivity index (χ1v) is 19.5. The number of benzene rings is 2. The molecule has 7 rings (SSSR count). The van der Waals surface area contributed by atoms with Crippen LogP contribution in [0, 0.1) is 0 Å². The van der Waals surface area contributed by atoms with Crippen LogP contribution in [0.25, 0.3) is 0 Å². The Morgan fingerprint density at radius 1 is 1.12 bits per heavy atom. The molecule has 1 fully saturated rings. The lowest BCUT2D eigenvalue weighted by Crippen LogP contribution is -2.71. The summed E-state index contributed by atoms with van der Waals surface area (Å²) in [6.07, 6.45) is 2.91. The van der Waals surface area contributed by atoms with E-state index in [1.807, 2.05) is 102 Å². The molecule has 2 aromatic heterocycles. The van der Waals surface area contributed by atoms with E-state index < -0.39 is 47.4 Å². The third kappa shape index (κ3) is 9.51. The van der Waals surface area contributed by atoms with E-state index in [1.54, 1.807) is 12.5 Å². The molecule has 3 atom stereocenters. The smallest absolute Gasteiger partial charge is 0.430 e. The van der Waals surface area contributed by atoms with Gasteiger partial charge in [0.15, 0.2) is 24.0 Å². The predicted octanol–water partition coefficient (Wildman–Crippen LogP) is 2.78. The highest BCUT2D eigenvalue weighted by atomic mass is 32.2. The summed E-state index contributed by atoms with van der Waals surface area (Å²) in [5.41, 5.74) is 8.43. The molecule has 4 aromatic rings. The SMILES string of the molecule is COc1cn(CC2=C(C(=O)OC(c3ccccc3)c3ccccc3)N3C(=O)[C@@H](NC(=O)C(=NOC4C=CCC4)c4csc(N)n4)[C@H]3SC2)[n+](C)c1.O=C([O-])C(F)(F)F. The number of thiazole rings is 1. The summed E-state index contributed by atoms with van der Waals surface area (Å²) in [5, 5.41) is 17.1. The second-order valence-corrected chi connectivity index (χ2v) is 14.9. The normalized spacial score (nSPS) is 18.9. The van der Waals surface area contributed by atoms with Crippen LogP contribution in [0.5, 0.6) is 5.75 Å². The quantitative estimate of drug-likeness (QED) is 0.0532. The monoisotopic (exact) mass is 839 g/mol. The van der Waals surface area contributed by atoms with E-state index >= 15 is 0 Å². The van der Waals surface area contributed by atoms with E-state index in [2.05, 4.69) is 15.5 Å². The van der Waals surface area contributed by atoms with Gasteiger partial charge in [-0.3, -0.25) is 14.5 Å². The van der Waals surface area contributed by atoms with Crippen LogP contribution in [0.2, 0.25) is 0 Å². The molecule has 1 aliphatic carbocycles. The van der Waals surface area contributed by atoms with Crippen molar-refractivity contribution in [2.45, 2.75) is 49.2 Å². The zero-order valence-corrected chi connectivity index (χ0v) is 32.5. The van der Waals surface area contributed by atoms with Crippen LogP contribution < -0.4 is 25.6 Å². The molecule has 2 aliphatic heterocycles. The van der Waals surface area contributed by atoms with Crippen molar-refractivity contribution < 1.29 is 56.4 Å². The molecular formula is C38H36F3N7O8S2. The Labute approximate surface area is 337 Å². The van der Waals surface area contributed by atoms with Crippen LogP contribution in [0.1, 0.15) is 35.8 Å². The number of thioether (sulfide) groups is 1. The number of aliphatic carboxylic acids is 1. The van der Waals surface area contributed by atoms with E-state index in [0.29, 0.717) is 23.6 Å². The number of oxime groups is 1. The molecule has 58 heavy (non-hydrogen) atoms. The van der Waals surface area contributed by atoms with Crippen LogP contribution in [-0.2, 0) is 42.3 Å². The number of anilines is 1. The third-order valence-corrected chi connectivity index (χ3v) is 11.0. The first-order valence-electron chi connectivity index (χ1n) is 17.5. The van der Waals surface area contributed by atoms with Gasteiger partial charge in [-0.15, -0.1) is 27.8 Å². The van der Waals surface area contributed by atoms with Gasteiger partial charge in [-0.25, -0.2) is 9.78 Å². The second-order valence-electron chi connectivity index (χ2n) is 12.9. The molecule has 2 aromatic carbocycles. The highest BCUT2D eigenvalue weighted by Gasteiger charge is 2.55. The number of carboxylic acid groups (broad SMARTS) is 1. The fourth-order valence-electron chi connectivity index (χ4n) is 6.15. The molecule has 2 amide bonds. The number of esters is 1. The summed E-state index contributed by atoms with van der Waals surface area (Å²) in [6.45, 7) is 0.293. The van der Waals surface area contributed by atoms with Crippen LogP contribution in [0.3, 0.4) is 0 Å². The maximum Gasteiger partial charge on any atom is 0.430 e. The number of aryl methyl sites for hydroxylation is 1. The van der Waals surface area contributed by atoms with Crippen molar-refractivity contribution in [2.75, 3.05) is 18.6 Å². The number of hydrogen-bond acceptors (Lipinski definition) is 13. The molecule has 4 heterocycles. The number of alkyl halides is 3. The number of methoxy groups -OCH3 is 1. The fraction of sp³-hybridized carbons (Fsp3) is 0.289. The highest BCUT2D eigenvalue weighted by Crippen LogP contribution is 2.42. The number of carbonyl (C=O) groups excluding carboxylic acids is 4. The lowest BCUT2D eigenvalue weighted by Gasteiger charge is -2.49. The van der Waals surface area contributed by atoms with Crippen LogP contribution in [0.15, 0.2) is 107 Å². The topological polar surface area (TPSA) is 194 Å². The number of rotatable bonds is 12. The molecule has 1 saturated heterocycles. The lowest BCUT2D eigenvalue weighted by molar-refractivity contribution is -0.752. The van der Waals surface area contributed by atoms with Gasteiger partial charge in [0.2, 0.25) is 11.9 Å². The second kappa shape index (κ2) is 18.0. The van der Waals surface area contributed by atoms with Crippen molar-refractivity contribution in [1.29, 1.82) is 0 Å². The molecule has 3 N–H and O–H groups in total. The number of amides is 2. The summed E-state index contributed by atoms with van der Waals surface area (Å²) in [5.74, 6) is -3.70. The summed E-state index contributed by atoms with van der Waals surface area (Å²) in [6, 6.07) is 18.0. The molecule has 0 bridgehead atoms. The average molecular weight is 840 g/mol. The van der Waals surface area contributed by atoms with Crippen molar-refractivity contribution in [1.82, 2.24) is 19.9 Å². The molecule has 20 heteroatoms. The summed E-state index contributed by atoms with van der Waals surface area (Å²) < 4.78 is 47.0. The van der Waals surface area contributed by atoms with Crippen molar-refractivity contribution in [3.05, 3.63) is 119 Å². The number of allylic oxidation sites excluding steroid dienone is 1. The standard InChI is InChI=1S/C36H35N7O6S2.C2HF3O2/c1-41-18-26(47-2)19-42(41)17-24-20-50-34-29(39-32(44)28(27-21-51-36(37)38-27)40-49-25-15-9-10-16-25)33(45)43(34)30(24)35(46)48-31(22-11-5-3-6-12-22)23-13-7-4-8-14-23;3-2(4,5)1(6)7/h3-9,11-15,18-19,21,25,29,31,34H,10,16-17,20H2,1-2H3,(H2-,37,38,39,44);(H,6,7)/t25?,29-,34-;/m1./s1. The minimum absolute atomic E-state index is 0.0891. The third-order valence-electron chi connectivity index (χ3n) is 9.00. The van der Waals surface area contributed by atoms with Gasteiger partial charge in [-0.2, -0.15) is 17.9 Å². The number of nitrogen functional groups attached to an aromatic ring is 1. The minimum atomic E-state index is -5.19. The Balaban J connectivity index is 0.000000743. The Kier molecular flexibility index (Phi) is 12.9. The van der Waals surface area contributed by atoms with E-state index in [9.17, 15) is 27.6 Å². The van der Waals surface area contributed by atoms with E-state index in [4.69, 9.17) is 29.9 Å². The Morgan fingerprint density at radius 3 is 2.31 bits per heavy atom. The van der Waals surface area contributed by atoms with Gasteiger partial charge in [-0.05, 0) is 35.6 Å². The van der Waals surface area contributed by atoms with Gasteiger partial charge < -0.3 is 35.3 Å². The number of hydrogen-bond donors (Lipinski definition) is 2. The summed E-state index contributed by atoms with van der Waals surface area (Å²) in [4.78, 5) is 62.2. The average Bonchev–Trinajstić information content (AvgIpc) is 3.98. The molecule has 0 saturated carbocycles. The minimum Gasteiger partial charge on any atom is -0.542 e. The molecule has 304 valence electrons. The molecule has 1 unspecified atom stereocenters. The number of fused-ring (bicyclic) bond motifs is 1. The Bertz CT molecular complexity index is 2210. The molecule has 3 aliphatic rings. The Hall–Kier alpha value is -6.15. The number of nitrogens with zero attached hydrogens (tertiary/aromatic N) is 5. The van der Waals surface area contributed by atoms with Crippen molar-refractivity contribution >= 4 is 57.7 Å². The van der Waals surface area contributed by atoms with Gasteiger partial charge in [0.05, 0.1) is 7.11 Å². The summed E-state index contributed by atoms with van der Waals surface area (Å²) in [7, 11) is 3.45. The zero-order chi connectivity index (χ0) is 41.6. The fourth-order valence-corrected chi connectivity index (χ4v) is 8.03. The highest BCUT2D eigenvalue weighted by molar-refractivity contribution is 8.00. The number of carbonyl (C=O) groups is 4. The maximum absolute atomic E-state index is 14.4. The van der Waals surface area contributed by atoms with Crippen molar-refractivity contribution in [3.63, 3.8) is 0 Å². The first kappa shape index (κ1) is 41.5. The predicted molar refractivity (Wildman–Crippen MR) is 202 cm³/mol. The van der Waals surface area contributed by atoms with E-state index in [1.165, 1.54) is 16.7 Å². The number of nitrogens with two attached hydrogens (primary N) is 1. The number of aromatic nitrogens is 3. The largest absolute Gasteiger partial charge is 0.542 e. The van der Waals surface area contributed by atoms with Crippen molar-refractivity contribution in [3.8, 4) is 5.75 Å². The van der Waals surface area contributed by atoms with E-state index in [-0.39, 0.29) is 28.3 Å². The maximum atomic E-state index is 14.4. The van der Waals surface area contributed by atoms with Gasteiger partial charge >= 0.3 is 12.1 Å². The van der Waals surface area contributed by atoms with Crippen LogP contribution >= 0.6 is 23.1 Å².